The van der Waals surface area contributed by atoms with Gasteiger partial charge in [0.15, 0.2) is 0 Å². The molecule has 0 radical (unpaired) electrons. The molecule has 0 atom stereocenters. The highest BCUT2D eigenvalue weighted by Crippen LogP contribution is 2.21. The summed E-state index contributed by atoms with van der Waals surface area (Å²) in [5.41, 5.74) is 0. The summed E-state index contributed by atoms with van der Waals surface area (Å²) in [7, 11) is -6.94. The van der Waals surface area contributed by atoms with Gasteiger partial charge in [-0.05, 0) is 38.1 Å². The Morgan fingerprint density at radius 1 is 0.885 bits per heavy atom. The zero-order valence-electron chi connectivity index (χ0n) is 15.1. The van der Waals surface area contributed by atoms with E-state index in [0.29, 0.717) is 25.6 Å². The number of piperazine rings is 1. The average molecular weight is 407 g/mol. The molecule has 0 spiro atoms. The largest absolute Gasteiger partial charge is 0.491 e. The van der Waals surface area contributed by atoms with Gasteiger partial charge in [-0.2, -0.15) is 8.61 Å². The highest BCUT2D eigenvalue weighted by atomic mass is 32.2. The lowest BCUT2D eigenvalue weighted by Crippen LogP contribution is -2.50. The van der Waals surface area contributed by atoms with E-state index in [1.54, 1.807) is 19.1 Å². The van der Waals surface area contributed by atoms with Crippen molar-refractivity contribution in [3.05, 3.63) is 24.3 Å². The molecule has 0 N–H and O–H groups in total. The molecule has 1 aromatic rings. The fourth-order valence-corrected chi connectivity index (χ4v) is 5.10. The van der Waals surface area contributed by atoms with Crippen molar-refractivity contribution in [3.63, 3.8) is 0 Å². The molecule has 1 fully saturated rings. The van der Waals surface area contributed by atoms with Gasteiger partial charge in [0.05, 0.1) is 17.3 Å². The van der Waals surface area contributed by atoms with Crippen LogP contribution in [0.1, 0.15) is 13.8 Å². The number of sulfonamides is 2. The molecule has 0 bridgehead atoms. The number of benzene rings is 1. The van der Waals surface area contributed by atoms with Gasteiger partial charge in [-0.1, -0.05) is 0 Å². The summed E-state index contributed by atoms with van der Waals surface area (Å²) in [5.74, 6) is 0.590. The van der Waals surface area contributed by atoms with E-state index < -0.39 is 20.0 Å². The van der Waals surface area contributed by atoms with E-state index in [4.69, 9.17) is 9.47 Å². The Hall–Kier alpha value is -1.20. The Labute approximate surface area is 155 Å². The fraction of sp³-hybridized carbons (Fsp3) is 0.625. The van der Waals surface area contributed by atoms with Crippen LogP contribution in [-0.4, -0.2) is 77.2 Å². The predicted octanol–water partition coefficient (Wildman–Crippen LogP) is 0.758. The van der Waals surface area contributed by atoms with Crippen molar-refractivity contribution in [2.75, 3.05) is 51.8 Å². The maximum absolute atomic E-state index is 12.7. The third-order valence-electron chi connectivity index (χ3n) is 4.12. The van der Waals surface area contributed by atoms with Crippen molar-refractivity contribution in [2.45, 2.75) is 18.7 Å². The Balaban J connectivity index is 1.98. The standard InChI is InChI=1S/C16H26N2O6S2/c1-3-23-13-14-24-15-5-7-16(8-6-15)26(21,22)18-11-9-17(10-12-18)25(19,20)4-2/h5-8H,3-4,9-14H2,1-2H3. The molecule has 1 aromatic carbocycles. The van der Waals surface area contributed by atoms with Crippen LogP contribution in [-0.2, 0) is 24.8 Å². The molecule has 0 unspecified atom stereocenters. The van der Waals surface area contributed by atoms with E-state index in [9.17, 15) is 16.8 Å². The molecule has 0 amide bonds. The number of nitrogens with zero attached hydrogens (tertiary/aromatic N) is 2. The third-order valence-corrected chi connectivity index (χ3v) is 7.91. The molecule has 8 nitrogen and oxygen atoms in total. The second-order valence-corrected chi connectivity index (χ2v) is 9.92. The van der Waals surface area contributed by atoms with Gasteiger partial charge < -0.3 is 9.47 Å². The minimum atomic E-state index is -3.65. The fourth-order valence-electron chi connectivity index (χ4n) is 2.59. The van der Waals surface area contributed by atoms with Crippen molar-refractivity contribution in [3.8, 4) is 5.75 Å². The Morgan fingerprint density at radius 3 is 2.00 bits per heavy atom. The summed E-state index contributed by atoms with van der Waals surface area (Å²) < 4.78 is 62.5. The molecule has 1 saturated heterocycles. The first kappa shape index (κ1) is 21.1. The quantitative estimate of drug-likeness (QED) is 0.562. The van der Waals surface area contributed by atoms with Gasteiger partial charge >= 0.3 is 0 Å². The smallest absolute Gasteiger partial charge is 0.243 e. The molecule has 148 valence electrons. The van der Waals surface area contributed by atoms with Crippen LogP contribution in [0.25, 0.3) is 0 Å². The molecule has 1 heterocycles. The van der Waals surface area contributed by atoms with Gasteiger partial charge in [0.2, 0.25) is 20.0 Å². The van der Waals surface area contributed by atoms with E-state index in [2.05, 4.69) is 0 Å². The Morgan fingerprint density at radius 2 is 1.46 bits per heavy atom. The maximum Gasteiger partial charge on any atom is 0.243 e. The highest BCUT2D eigenvalue weighted by molar-refractivity contribution is 7.89. The molecule has 2 rings (SSSR count). The van der Waals surface area contributed by atoms with Crippen molar-refractivity contribution in [1.29, 1.82) is 0 Å². The van der Waals surface area contributed by atoms with E-state index >= 15 is 0 Å². The van der Waals surface area contributed by atoms with Gasteiger partial charge in [0.1, 0.15) is 12.4 Å². The van der Waals surface area contributed by atoms with Crippen molar-refractivity contribution in [1.82, 2.24) is 8.61 Å². The molecule has 0 aromatic heterocycles. The highest BCUT2D eigenvalue weighted by Gasteiger charge is 2.32. The lowest BCUT2D eigenvalue weighted by molar-refractivity contribution is 0.110. The van der Waals surface area contributed by atoms with Crippen LogP contribution in [0.5, 0.6) is 5.75 Å². The number of hydrogen-bond acceptors (Lipinski definition) is 6. The summed E-state index contributed by atoms with van der Waals surface area (Å²) >= 11 is 0. The predicted molar refractivity (Wildman–Crippen MR) is 98.2 cm³/mol. The minimum absolute atomic E-state index is 0.0184. The lowest BCUT2D eigenvalue weighted by atomic mass is 10.3. The lowest BCUT2D eigenvalue weighted by Gasteiger charge is -2.33. The van der Waals surface area contributed by atoms with Gasteiger partial charge in [0.25, 0.3) is 0 Å². The minimum Gasteiger partial charge on any atom is -0.491 e. The molecular formula is C16H26N2O6S2. The molecule has 1 aliphatic heterocycles. The third kappa shape index (κ3) is 5.17. The first-order valence-corrected chi connectivity index (χ1v) is 11.6. The monoisotopic (exact) mass is 406 g/mol. The van der Waals surface area contributed by atoms with Crippen LogP contribution in [0.15, 0.2) is 29.2 Å². The zero-order valence-corrected chi connectivity index (χ0v) is 16.8. The van der Waals surface area contributed by atoms with Gasteiger partial charge in [-0.15, -0.1) is 0 Å². The summed E-state index contributed by atoms with van der Waals surface area (Å²) in [6.07, 6.45) is 0. The first-order chi connectivity index (χ1) is 12.3. The van der Waals surface area contributed by atoms with Crippen LogP contribution in [0, 0.1) is 0 Å². The second-order valence-electron chi connectivity index (χ2n) is 5.72. The second kappa shape index (κ2) is 9.14. The Bertz CT molecular complexity index is 769. The summed E-state index contributed by atoms with van der Waals surface area (Å²) in [6, 6.07) is 6.22. The van der Waals surface area contributed by atoms with Gasteiger partial charge in [0, 0.05) is 32.8 Å². The SMILES string of the molecule is CCOCCOc1ccc(S(=O)(=O)N2CCN(S(=O)(=O)CC)CC2)cc1. The zero-order chi connectivity index (χ0) is 19.2. The number of hydrogen-bond donors (Lipinski definition) is 0. The molecule has 26 heavy (non-hydrogen) atoms. The normalized spacial score (nSPS) is 17.3. The first-order valence-electron chi connectivity index (χ1n) is 8.60. The maximum atomic E-state index is 12.7. The van der Waals surface area contributed by atoms with E-state index in [0.717, 1.165) is 0 Å². The summed E-state index contributed by atoms with van der Waals surface area (Å²) in [4.78, 5) is 0.168. The van der Waals surface area contributed by atoms with Crippen LogP contribution >= 0.6 is 0 Å². The number of ether oxygens (including phenoxy) is 2. The van der Waals surface area contributed by atoms with Gasteiger partial charge in [-0.3, -0.25) is 0 Å². The van der Waals surface area contributed by atoms with Crippen LogP contribution < -0.4 is 4.74 Å². The van der Waals surface area contributed by atoms with Crippen molar-refractivity contribution < 1.29 is 26.3 Å². The van der Waals surface area contributed by atoms with Crippen LogP contribution in [0.3, 0.4) is 0 Å². The molecule has 0 saturated carbocycles. The van der Waals surface area contributed by atoms with Crippen LogP contribution in [0.4, 0.5) is 0 Å². The number of rotatable bonds is 9. The molecule has 0 aliphatic carbocycles. The summed E-state index contributed by atoms with van der Waals surface area (Å²) in [6.45, 7) is 5.61. The molecule has 1 aliphatic rings. The average Bonchev–Trinajstić information content (AvgIpc) is 2.66. The Kier molecular flexibility index (Phi) is 7.42. The molecule has 10 heteroatoms. The van der Waals surface area contributed by atoms with E-state index in [-0.39, 0.29) is 36.8 Å². The molecular weight excluding hydrogens is 380 g/mol. The van der Waals surface area contributed by atoms with E-state index in [1.807, 2.05) is 6.92 Å². The van der Waals surface area contributed by atoms with Gasteiger partial charge in [-0.25, -0.2) is 16.8 Å². The van der Waals surface area contributed by atoms with Crippen molar-refractivity contribution >= 4 is 20.0 Å². The van der Waals surface area contributed by atoms with E-state index in [1.165, 1.54) is 20.7 Å². The summed E-state index contributed by atoms with van der Waals surface area (Å²) in [5, 5.41) is 0. The van der Waals surface area contributed by atoms with Crippen LogP contribution in [0.2, 0.25) is 0 Å². The topological polar surface area (TPSA) is 93.2 Å². The van der Waals surface area contributed by atoms with Crippen molar-refractivity contribution in [2.24, 2.45) is 0 Å².